The van der Waals surface area contributed by atoms with Gasteiger partial charge in [-0.2, -0.15) is 0 Å². The number of hydrogen-bond donors (Lipinski definition) is 0. The van der Waals surface area contributed by atoms with Gasteiger partial charge in [0.15, 0.2) is 0 Å². The van der Waals surface area contributed by atoms with E-state index in [-0.39, 0.29) is 5.69 Å². The average molecular weight is 224 g/mol. The van der Waals surface area contributed by atoms with Crippen LogP contribution in [0.2, 0.25) is 5.02 Å². The van der Waals surface area contributed by atoms with Crippen molar-refractivity contribution in [3.63, 3.8) is 0 Å². The molecule has 0 spiro atoms. The van der Waals surface area contributed by atoms with Crippen molar-refractivity contribution < 1.29 is 4.92 Å². The first-order valence-electron chi connectivity index (χ1n) is 4.30. The van der Waals surface area contributed by atoms with Gasteiger partial charge in [-0.1, -0.05) is 17.5 Å². The number of benzene rings is 1. The molecule has 0 unspecified atom stereocenters. The summed E-state index contributed by atoms with van der Waals surface area (Å²) in [5, 5.41) is 11.0. The number of rotatable bonds is 2. The molecule has 1 aromatic rings. The predicted octanol–water partition coefficient (Wildman–Crippen LogP) is 3.16. The molecule has 0 amide bonds. The van der Waals surface area contributed by atoms with Gasteiger partial charge >= 0.3 is 0 Å². The normalized spacial score (nSPS) is 10.8. The minimum atomic E-state index is -0.608. The molecule has 0 aliphatic heterocycles. The standard InChI is InChI=1S/C11H10ClNO2/c1-4-11(2,3)9-7-8(13(14)15)5-6-10(9)12/h1,5-7H,2-3H3. The summed E-state index contributed by atoms with van der Waals surface area (Å²) in [6.07, 6.45) is 5.35. The van der Waals surface area contributed by atoms with Crippen molar-refractivity contribution in [3.8, 4) is 12.3 Å². The summed E-state index contributed by atoms with van der Waals surface area (Å²) in [6.45, 7) is 3.58. The largest absolute Gasteiger partial charge is 0.269 e. The van der Waals surface area contributed by atoms with Crippen molar-refractivity contribution in [2.45, 2.75) is 19.3 Å². The van der Waals surface area contributed by atoms with Crippen LogP contribution in [-0.4, -0.2) is 4.92 Å². The molecule has 0 heterocycles. The minimum absolute atomic E-state index is 0.00211. The first-order chi connectivity index (χ1) is 6.88. The Kier molecular flexibility index (Phi) is 3.01. The molecule has 78 valence electrons. The summed E-state index contributed by atoms with van der Waals surface area (Å²) in [5.41, 5.74) is -0.0121. The second kappa shape index (κ2) is 3.92. The summed E-state index contributed by atoms with van der Waals surface area (Å²) in [4.78, 5) is 10.1. The van der Waals surface area contributed by atoms with Gasteiger partial charge in [-0.25, -0.2) is 0 Å². The first-order valence-corrected chi connectivity index (χ1v) is 4.68. The molecule has 0 saturated heterocycles. The molecule has 0 atom stereocenters. The Labute approximate surface area is 93.2 Å². The SMILES string of the molecule is C#CC(C)(C)c1cc([N+](=O)[O-])ccc1Cl. The lowest BCUT2D eigenvalue weighted by Crippen LogP contribution is -2.14. The van der Waals surface area contributed by atoms with E-state index in [9.17, 15) is 10.1 Å². The molecule has 0 bridgehead atoms. The van der Waals surface area contributed by atoms with Crippen molar-refractivity contribution >= 4 is 17.3 Å². The van der Waals surface area contributed by atoms with E-state index in [2.05, 4.69) is 5.92 Å². The van der Waals surface area contributed by atoms with E-state index in [1.807, 2.05) is 0 Å². The Hall–Kier alpha value is -1.53. The zero-order valence-corrected chi connectivity index (χ0v) is 9.21. The van der Waals surface area contributed by atoms with E-state index in [0.29, 0.717) is 10.6 Å². The van der Waals surface area contributed by atoms with Crippen LogP contribution in [-0.2, 0) is 5.41 Å². The summed E-state index contributed by atoms with van der Waals surface area (Å²) in [7, 11) is 0. The Morgan fingerprint density at radius 2 is 2.13 bits per heavy atom. The lowest BCUT2D eigenvalue weighted by Gasteiger charge is -2.18. The summed E-state index contributed by atoms with van der Waals surface area (Å²) in [5.74, 6) is 2.56. The molecule has 1 rings (SSSR count). The lowest BCUT2D eigenvalue weighted by molar-refractivity contribution is -0.384. The number of hydrogen-bond acceptors (Lipinski definition) is 2. The Bertz CT molecular complexity index is 446. The third-order valence-electron chi connectivity index (χ3n) is 2.19. The molecular formula is C11H10ClNO2. The van der Waals surface area contributed by atoms with Crippen LogP contribution in [0.15, 0.2) is 18.2 Å². The maximum absolute atomic E-state index is 10.6. The molecule has 0 N–H and O–H groups in total. The molecular weight excluding hydrogens is 214 g/mol. The number of nitro benzene ring substituents is 1. The quantitative estimate of drug-likeness (QED) is 0.439. The zero-order chi connectivity index (χ0) is 11.6. The van der Waals surface area contributed by atoms with Crippen LogP contribution in [0.25, 0.3) is 0 Å². The molecule has 0 aromatic heterocycles. The van der Waals surface area contributed by atoms with E-state index in [4.69, 9.17) is 18.0 Å². The van der Waals surface area contributed by atoms with Crippen LogP contribution in [0, 0.1) is 22.5 Å². The fourth-order valence-electron chi connectivity index (χ4n) is 1.18. The smallest absolute Gasteiger partial charge is 0.258 e. The van der Waals surface area contributed by atoms with Gasteiger partial charge in [-0.15, -0.1) is 6.42 Å². The molecule has 0 aliphatic carbocycles. The van der Waals surface area contributed by atoms with Crippen molar-refractivity contribution in [3.05, 3.63) is 38.9 Å². The van der Waals surface area contributed by atoms with Crippen molar-refractivity contribution in [2.75, 3.05) is 0 Å². The highest BCUT2D eigenvalue weighted by Gasteiger charge is 2.23. The second-order valence-electron chi connectivity index (χ2n) is 3.69. The monoisotopic (exact) mass is 223 g/mol. The molecule has 0 fully saturated rings. The first kappa shape index (κ1) is 11.5. The summed E-state index contributed by atoms with van der Waals surface area (Å²) < 4.78 is 0. The molecule has 0 aliphatic rings. The van der Waals surface area contributed by atoms with E-state index in [0.717, 1.165) is 0 Å². The van der Waals surface area contributed by atoms with Crippen molar-refractivity contribution in [2.24, 2.45) is 0 Å². The summed E-state index contributed by atoms with van der Waals surface area (Å²) in [6, 6.07) is 4.27. The Balaban J connectivity index is 3.36. The highest BCUT2D eigenvalue weighted by Crippen LogP contribution is 2.32. The lowest BCUT2D eigenvalue weighted by atomic mass is 9.85. The molecule has 3 nitrogen and oxygen atoms in total. The van der Waals surface area contributed by atoms with Gasteiger partial charge in [0.05, 0.1) is 10.3 Å². The Morgan fingerprint density at radius 1 is 1.53 bits per heavy atom. The van der Waals surface area contributed by atoms with Gasteiger partial charge in [0.2, 0.25) is 0 Å². The van der Waals surface area contributed by atoms with Gasteiger partial charge in [-0.05, 0) is 25.5 Å². The van der Waals surface area contributed by atoms with Crippen LogP contribution in [0.5, 0.6) is 0 Å². The highest BCUT2D eigenvalue weighted by atomic mass is 35.5. The van der Waals surface area contributed by atoms with Crippen molar-refractivity contribution in [1.29, 1.82) is 0 Å². The average Bonchev–Trinajstić information content (AvgIpc) is 2.17. The number of nitro groups is 1. The maximum atomic E-state index is 10.6. The number of terminal acetylenes is 1. The van der Waals surface area contributed by atoms with E-state index in [1.165, 1.54) is 18.2 Å². The minimum Gasteiger partial charge on any atom is -0.258 e. The van der Waals surface area contributed by atoms with Crippen LogP contribution >= 0.6 is 11.6 Å². The maximum Gasteiger partial charge on any atom is 0.269 e. The molecule has 15 heavy (non-hydrogen) atoms. The Morgan fingerprint density at radius 3 is 2.60 bits per heavy atom. The van der Waals surface area contributed by atoms with Gasteiger partial charge < -0.3 is 0 Å². The van der Waals surface area contributed by atoms with Crippen molar-refractivity contribution in [1.82, 2.24) is 0 Å². The van der Waals surface area contributed by atoms with Crippen LogP contribution in [0.1, 0.15) is 19.4 Å². The third kappa shape index (κ3) is 2.28. The topological polar surface area (TPSA) is 43.1 Å². The predicted molar refractivity (Wildman–Crippen MR) is 60.0 cm³/mol. The molecule has 1 aromatic carbocycles. The summed E-state index contributed by atoms with van der Waals surface area (Å²) >= 11 is 5.95. The van der Waals surface area contributed by atoms with Crippen LogP contribution in [0.4, 0.5) is 5.69 Å². The highest BCUT2D eigenvalue weighted by molar-refractivity contribution is 6.31. The number of non-ortho nitro benzene ring substituents is 1. The van der Waals surface area contributed by atoms with E-state index in [1.54, 1.807) is 13.8 Å². The van der Waals surface area contributed by atoms with E-state index >= 15 is 0 Å². The third-order valence-corrected chi connectivity index (χ3v) is 2.52. The molecule has 0 radical (unpaired) electrons. The second-order valence-corrected chi connectivity index (χ2v) is 4.10. The van der Waals surface area contributed by atoms with Gasteiger partial charge in [0.25, 0.3) is 5.69 Å². The van der Waals surface area contributed by atoms with Crippen LogP contribution in [0.3, 0.4) is 0 Å². The van der Waals surface area contributed by atoms with Gasteiger partial charge in [-0.3, -0.25) is 10.1 Å². The number of nitrogens with zero attached hydrogens (tertiary/aromatic N) is 1. The van der Waals surface area contributed by atoms with Gasteiger partial charge in [0, 0.05) is 17.2 Å². The number of halogens is 1. The fraction of sp³-hybridized carbons (Fsp3) is 0.273. The fourth-order valence-corrected chi connectivity index (χ4v) is 1.54. The van der Waals surface area contributed by atoms with E-state index < -0.39 is 10.3 Å². The zero-order valence-electron chi connectivity index (χ0n) is 8.45. The molecule has 0 saturated carbocycles. The van der Waals surface area contributed by atoms with Crippen LogP contribution < -0.4 is 0 Å². The van der Waals surface area contributed by atoms with Gasteiger partial charge in [0.1, 0.15) is 0 Å². The molecule has 4 heteroatoms.